The predicted octanol–water partition coefficient (Wildman–Crippen LogP) is 34.9. The summed E-state index contributed by atoms with van der Waals surface area (Å²) in [6.07, 6.45) is 1.91. The minimum absolute atomic E-state index is 0.475. The largest absolute Gasteiger partial charge is 0.454 e. The van der Waals surface area contributed by atoms with Gasteiger partial charge < -0.3 is 4.42 Å². The van der Waals surface area contributed by atoms with Gasteiger partial charge in [0.1, 0.15) is 11.5 Å². The van der Waals surface area contributed by atoms with Crippen molar-refractivity contribution in [3.63, 3.8) is 0 Å². The Hall–Kier alpha value is -17.6. The highest BCUT2D eigenvalue weighted by Gasteiger charge is 2.55. The maximum atomic E-state index is 7.34. The van der Waals surface area contributed by atoms with Crippen LogP contribution in [0.2, 0.25) is 0 Å². The third-order valence-electron chi connectivity index (χ3n) is 30.8. The first-order valence-electron chi connectivity index (χ1n) is 50.0. The molecule has 6 aromatic heterocycles. The van der Waals surface area contributed by atoms with Crippen LogP contribution in [0.3, 0.4) is 0 Å². The van der Waals surface area contributed by atoms with E-state index in [1.54, 1.807) is 11.3 Å². The molecule has 2 atom stereocenters. The Bertz CT molecular complexity index is 9500. The van der Waals surface area contributed by atoms with Crippen LogP contribution in [0, 0.1) is 0 Å². The molecule has 0 saturated carbocycles. The first-order valence-corrected chi connectivity index (χ1v) is 53.3. The average Bonchev–Trinajstić information content (AvgIpc) is 1.51. The van der Waals surface area contributed by atoms with E-state index in [4.69, 9.17) is 39.3 Å². The third-order valence-corrected chi connectivity index (χ3v) is 35.6. The van der Waals surface area contributed by atoms with Gasteiger partial charge >= 0.3 is 0 Å². The van der Waals surface area contributed by atoms with Gasteiger partial charge in [0.05, 0.1) is 55.3 Å². The number of thiophene rings is 1. The number of pyridine rings is 1. The first kappa shape index (κ1) is 85.9. The van der Waals surface area contributed by atoms with E-state index in [0.29, 0.717) is 28.9 Å². The van der Waals surface area contributed by atoms with E-state index in [0.717, 1.165) is 127 Å². The lowest BCUT2D eigenvalue weighted by Crippen LogP contribution is -2.32. The highest BCUT2D eigenvalue weighted by Crippen LogP contribution is 2.69. The van der Waals surface area contributed by atoms with E-state index < -0.39 is 16.2 Å². The Balaban J connectivity index is 0.485. The Morgan fingerprint density at radius 2 is 0.493 bits per heavy atom. The molecule has 0 saturated heterocycles. The molecular weight excluding hydrogens is 1880 g/mol. The van der Waals surface area contributed by atoms with Crippen molar-refractivity contribution in [1.29, 1.82) is 0 Å². The lowest BCUT2D eigenvalue weighted by Gasteiger charge is -2.40. The minimum Gasteiger partial charge on any atom is -0.454 e. The van der Waals surface area contributed by atoms with Crippen molar-refractivity contribution < 1.29 is 4.42 Å². The molecule has 3 aliphatic heterocycles. The van der Waals surface area contributed by atoms with Crippen LogP contribution >= 0.6 is 46.6 Å². The van der Waals surface area contributed by atoms with Gasteiger partial charge in [0, 0.05) is 96.1 Å². The fraction of sp³-hybridized carbons (Fsp3) is 0.0221. The highest BCUT2D eigenvalue weighted by atomic mass is 32.2. The molecular formula is C136H81N7OS4. The Kier molecular flexibility index (Phi) is 19.9. The summed E-state index contributed by atoms with van der Waals surface area (Å²) in [5, 5.41) is 0. The van der Waals surface area contributed by atoms with E-state index in [2.05, 4.69) is 449 Å². The zero-order valence-electron chi connectivity index (χ0n) is 79.4. The van der Waals surface area contributed by atoms with Crippen LogP contribution in [-0.2, 0) is 16.2 Å². The molecule has 3 spiro atoms. The molecule has 0 N–H and O–H groups in total. The van der Waals surface area contributed by atoms with Crippen molar-refractivity contribution >= 4 is 46.6 Å². The van der Waals surface area contributed by atoms with Crippen LogP contribution in [0.5, 0.6) is 0 Å². The summed E-state index contributed by atoms with van der Waals surface area (Å²) < 4.78 is 7.34. The molecule has 0 bridgehead atoms. The van der Waals surface area contributed by atoms with Crippen molar-refractivity contribution in [3.8, 4) is 190 Å². The predicted molar refractivity (Wildman–Crippen MR) is 602 cm³/mol. The molecule has 0 amide bonds. The number of hydrogen-bond donors (Lipinski definition) is 0. The Morgan fingerprint density at radius 3 is 0.980 bits per heavy atom. The molecule has 148 heavy (non-hydrogen) atoms. The van der Waals surface area contributed by atoms with E-state index in [1.165, 1.54) is 130 Å². The van der Waals surface area contributed by atoms with Gasteiger partial charge in [-0.3, -0.25) is 4.98 Å². The minimum atomic E-state index is -0.710. The third kappa shape index (κ3) is 13.1. The number of benzene rings is 18. The second kappa shape index (κ2) is 34.3. The second-order valence-corrected chi connectivity index (χ2v) is 42.7. The number of aromatic nitrogens is 7. The summed E-state index contributed by atoms with van der Waals surface area (Å²) in [4.78, 5) is 47.3. The van der Waals surface area contributed by atoms with Crippen molar-refractivity contribution in [3.05, 3.63) is 558 Å². The molecule has 9 heterocycles. The molecule has 18 aromatic carbocycles. The summed E-state index contributed by atoms with van der Waals surface area (Å²) in [5.41, 5.74) is 40.7. The maximum Gasteiger partial charge on any atom is 0.160 e. The zero-order chi connectivity index (χ0) is 97.3. The Labute approximate surface area is 872 Å². The fourth-order valence-electron chi connectivity index (χ4n) is 24.5. The van der Waals surface area contributed by atoms with E-state index in [1.807, 2.05) is 77.9 Å². The standard InChI is InChI=1S/C136H81N7OS4/c1-5-33-84(34-6-1)112-79-115(141-131(138-112)87-39-11-4-12-40-87)96-50-32-78-137-127(96)99-49-31-62-111-130(99)148-123-65-26-23-57-106(123)136(111)103-54-20-16-44-95(103)126-91(46-28-59-108(126)136)82-66-70-88(71-67-82)132-139-113(85-35-7-2-8-36-85)80-116(142-132)119-75-74-118(144-119)97-47-29-60-109-128(97)146-122-64-25-22-56-105(122)135(109)102-53-19-15-43-94(102)125-90(45-27-58-107(125)135)83-68-72-89(73-69-83)133-140-114(86-37-9-3-10-38-86)81-117(143-133)124-77-76-120(145-124)98-48-30-61-110-129(98)147-121-63-24-21-55-104(121)134(110)100-51-17-13-41-92(100)93-42-14-18-52-101(93)134/h1-81H. The van der Waals surface area contributed by atoms with Gasteiger partial charge in [-0.05, 0) is 195 Å². The van der Waals surface area contributed by atoms with Gasteiger partial charge in [0.15, 0.2) is 23.2 Å². The Morgan fingerprint density at radius 1 is 0.182 bits per heavy atom. The van der Waals surface area contributed by atoms with Gasteiger partial charge in [0.2, 0.25) is 0 Å². The van der Waals surface area contributed by atoms with Crippen LogP contribution in [-0.4, -0.2) is 34.9 Å². The normalized spacial score (nSPS) is 14.9. The summed E-state index contributed by atoms with van der Waals surface area (Å²) in [5.74, 6) is 3.28. The molecule has 2 unspecified atom stereocenters. The molecule has 24 aromatic rings. The maximum absolute atomic E-state index is 7.34. The molecule has 8 nitrogen and oxygen atoms in total. The molecule has 30 rings (SSSR count). The number of fused-ring (bicyclic) bond motifs is 27. The molecule has 690 valence electrons. The summed E-state index contributed by atoms with van der Waals surface area (Å²) in [6.45, 7) is 0. The number of hydrogen-bond acceptors (Lipinski definition) is 12. The zero-order valence-corrected chi connectivity index (χ0v) is 82.7. The van der Waals surface area contributed by atoms with E-state index in [9.17, 15) is 0 Å². The van der Waals surface area contributed by atoms with Crippen molar-refractivity contribution in [1.82, 2.24) is 34.9 Å². The fourth-order valence-corrected chi connectivity index (χ4v) is 29.5. The van der Waals surface area contributed by atoms with E-state index in [-0.39, 0.29) is 0 Å². The molecule has 0 fully saturated rings. The first-order chi connectivity index (χ1) is 73.3. The number of rotatable bonds is 14. The summed E-state index contributed by atoms with van der Waals surface area (Å²) in [6, 6.07) is 176. The van der Waals surface area contributed by atoms with Gasteiger partial charge in [-0.25, -0.2) is 29.9 Å². The molecule has 6 aliphatic rings. The van der Waals surface area contributed by atoms with Crippen LogP contribution in [0.15, 0.2) is 525 Å². The van der Waals surface area contributed by atoms with Gasteiger partial charge in [-0.2, -0.15) is 0 Å². The lowest BCUT2D eigenvalue weighted by molar-refractivity contribution is 0.592. The quantitative estimate of drug-likeness (QED) is 0.104. The van der Waals surface area contributed by atoms with Gasteiger partial charge in [-0.1, -0.05) is 448 Å². The summed E-state index contributed by atoms with van der Waals surface area (Å²) >= 11 is 7.33. The van der Waals surface area contributed by atoms with E-state index >= 15 is 0 Å². The molecule has 12 heteroatoms. The van der Waals surface area contributed by atoms with Crippen LogP contribution in [0.4, 0.5) is 0 Å². The highest BCUT2D eigenvalue weighted by molar-refractivity contribution is 8.00. The SMILES string of the molecule is c1ccc(-c2cc(-c3ccc(-c4cccc5c4Sc4ccccc4C54c5ccccc5-c5c(-c6ccc(-c7nc(-c8ccccc8)cc(-c8ccc(-c9cccc%10c9Sc9ccccc9C%109c%10ccccc%10-c%10ccccc%109)s8)n7)cc6)cccc54)o3)nc(-c3ccc(-c4cccc5c4-c4ccccc4C54c5ccccc5Sc5c(-c6ncccc6-c6cc(-c7ccccc7)nc(-c7ccccc7)n6)cccc54)cc3)n2)cc1. The van der Waals surface area contributed by atoms with Crippen molar-refractivity contribution in [2.75, 3.05) is 0 Å². The number of furan rings is 1. The molecule has 3 aliphatic carbocycles. The topological polar surface area (TPSA) is 103 Å². The summed E-state index contributed by atoms with van der Waals surface area (Å²) in [7, 11) is 0. The van der Waals surface area contributed by atoms with Gasteiger partial charge in [0.25, 0.3) is 0 Å². The lowest BCUT2D eigenvalue weighted by atomic mass is 9.67. The van der Waals surface area contributed by atoms with Crippen molar-refractivity contribution in [2.45, 2.75) is 45.6 Å². The van der Waals surface area contributed by atoms with Crippen LogP contribution < -0.4 is 0 Å². The average molecular weight is 1960 g/mol. The van der Waals surface area contributed by atoms with Crippen LogP contribution in [0.1, 0.15) is 66.8 Å². The second-order valence-electron chi connectivity index (χ2n) is 38.5. The monoisotopic (exact) mass is 1960 g/mol. The van der Waals surface area contributed by atoms with Crippen molar-refractivity contribution in [2.24, 2.45) is 0 Å². The molecule has 0 radical (unpaired) electrons. The van der Waals surface area contributed by atoms with Gasteiger partial charge in [-0.15, -0.1) is 11.3 Å². The number of nitrogens with zero attached hydrogens (tertiary/aromatic N) is 7. The smallest absolute Gasteiger partial charge is 0.160 e. The van der Waals surface area contributed by atoms with Crippen LogP contribution in [0.25, 0.3) is 190 Å².